The van der Waals surface area contributed by atoms with Crippen LogP contribution in [0.3, 0.4) is 0 Å². The van der Waals surface area contributed by atoms with Crippen molar-refractivity contribution in [2.24, 2.45) is 5.73 Å². The van der Waals surface area contributed by atoms with Crippen LogP contribution < -0.4 is 10.5 Å². The van der Waals surface area contributed by atoms with E-state index >= 15 is 0 Å². The van der Waals surface area contributed by atoms with Crippen LogP contribution in [0.4, 0.5) is 0 Å². The molecule has 0 radical (unpaired) electrons. The molecular weight excluding hydrogens is 284 g/mol. The fraction of sp³-hybridized carbons (Fsp3) is 0.353. The van der Waals surface area contributed by atoms with Gasteiger partial charge >= 0.3 is 0 Å². The minimum atomic E-state index is 0.112. The number of pyridine rings is 1. The molecule has 0 amide bonds. The third-order valence-electron chi connectivity index (χ3n) is 3.18. The molecule has 1 aromatic carbocycles. The topological polar surface area (TPSA) is 48.1 Å². The lowest BCUT2D eigenvalue weighted by Crippen LogP contribution is -2.17. The van der Waals surface area contributed by atoms with Gasteiger partial charge < -0.3 is 10.5 Å². The third kappa shape index (κ3) is 4.19. The van der Waals surface area contributed by atoms with Gasteiger partial charge in [-0.25, -0.2) is 0 Å². The molecule has 112 valence electrons. The van der Waals surface area contributed by atoms with Crippen LogP contribution in [0.15, 0.2) is 30.3 Å². The average molecular weight is 305 g/mol. The van der Waals surface area contributed by atoms with E-state index in [4.69, 9.17) is 22.1 Å². The highest BCUT2D eigenvalue weighted by molar-refractivity contribution is 6.32. The number of nitrogens with zero attached hydrogens (tertiary/aromatic N) is 1. The predicted molar refractivity (Wildman–Crippen MR) is 87.2 cm³/mol. The maximum absolute atomic E-state index is 6.30. The van der Waals surface area contributed by atoms with Crippen LogP contribution in [0, 0.1) is 6.92 Å². The Kier molecular flexibility index (Phi) is 5.21. The lowest BCUT2D eigenvalue weighted by Gasteiger charge is -2.13. The molecule has 1 atom stereocenters. The first-order chi connectivity index (χ1) is 9.99. The molecule has 0 aliphatic heterocycles. The summed E-state index contributed by atoms with van der Waals surface area (Å²) in [6.45, 7) is 6.00. The fourth-order valence-electron chi connectivity index (χ4n) is 2.19. The Morgan fingerprint density at radius 1 is 1.24 bits per heavy atom. The van der Waals surface area contributed by atoms with Crippen LogP contribution >= 0.6 is 11.6 Å². The number of hydrogen-bond acceptors (Lipinski definition) is 3. The maximum Gasteiger partial charge on any atom is 0.148 e. The molecule has 4 heteroatoms. The Labute approximate surface area is 131 Å². The summed E-state index contributed by atoms with van der Waals surface area (Å²) >= 11 is 6.30. The van der Waals surface area contributed by atoms with Crippen LogP contribution in [0.1, 0.15) is 30.8 Å². The van der Waals surface area contributed by atoms with Gasteiger partial charge in [0.1, 0.15) is 11.5 Å². The first-order valence-corrected chi connectivity index (χ1v) is 7.55. The second-order valence-electron chi connectivity index (χ2n) is 5.30. The monoisotopic (exact) mass is 304 g/mol. The number of ether oxygens (including phenoxy) is 1. The van der Waals surface area contributed by atoms with E-state index in [1.54, 1.807) is 0 Å². The fourth-order valence-corrected chi connectivity index (χ4v) is 2.43. The molecule has 0 saturated heterocycles. The molecule has 0 saturated carbocycles. The zero-order valence-electron chi connectivity index (χ0n) is 12.7. The lowest BCUT2D eigenvalue weighted by atomic mass is 10.1. The highest BCUT2D eigenvalue weighted by Crippen LogP contribution is 2.32. The molecule has 0 spiro atoms. The van der Waals surface area contributed by atoms with Crippen molar-refractivity contribution in [2.45, 2.75) is 39.7 Å². The number of halogens is 1. The Bertz CT molecular complexity index is 626. The van der Waals surface area contributed by atoms with Crippen LogP contribution in [0.2, 0.25) is 5.02 Å². The third-order valence-corrected chi connectivity index (χ3v) is 3.48. The molecule has 0 fully saturated rings. The number of aromatic nitrogens is 1. The molecule has 2 aromatic rings. The van der Waals surface area contributed by atoms with Gasteiger partial charge in [-0.3, -0.25) is 4.98 Å². The molecule has 21 heavy (non-hydrogen) atoms. The minimum absolute atomic E-state index is 0.112. The smallest absolute Gasteiger partial charge is 0.148 e. The minimum Gasteiger partial charge on any atom is -0.454 e. The summed E-state index contributed by atoms with van der Waals surface area (Å²) in [6, 6.07) is 9.78. The Morgan fingerprint density at radius 2 is 1.95 bits per heavy atom. The Morgan fingerprint density at radius 3 is 2.57 bits per heavy atom. The van der Waals surface area contributed by atoms with Crippen molar-refractivity contribution in [2.75, 3.05) is 0 Å². The van der Waals surface area contributed by atoms with E-state index < -0.39 is 0 Å². The van der Waals surface area contributed by atoms with Crippen LogP contribution in [-0.2, 0) is 12.8 Å². The standard InChI is InChI=1S/C17H21ClN2O/c1-4-15-17(7-5-12(3)20-15)21-16-8-6-13(9-11(2)19)10-14(16)18/h5-8,10-11H,4,9,19H2,1-3H3. The van der Waals surface area contributed by atoms with Gasteiger partial charge in [-0.1, -0.05) is 24.6 Å². The van der Waals surface area contributed by atoms with E-state index in [1.807, 2.05) is 44.2 Å². The molecular formula is C17H21ClN2O. The van der Waals surface area contributed by atoms with Crippen molar-refractivity contribution in [1.82, 2.24) is 4.98 Å². The normalized spacial score (nSPS) is 12.2. The van der Waals surface area contributed by atoms with Gasteiger partial charge in [0.05, 0.1) is 10.7 Å². The van der Waals surface area contributed by atoms with Crippen molar-refractivity contribution >= 4 is 11.6 Å². The molecule has 0 bridgehead atoms. The van der Waals surface area contributed by atoms with Gasteiger partial charge in [-0.15, -0.1) is 0 Å². The number of benzene rings is 1. The molecule has 2 N–H and O–H groups in total. The van der Waals surface area contributed by atoms with E-state index in [0.717, 1.165) is 35.5 Å². The number of aryl methyl sites for hydroxylation is 2. The zero-order chi connectivity index (χ0) is 15.4. The summed E-state index contributed by atoms with van der Waals surface area (Å²) in [6.07, 6.45) is 1.61. The van der Waals surface area contributed by atoms with Gasteiger partial charge in [0.25, 0.3) is 0 Å². The van der Waals surface area contributed by atoms with Crippen molar-refractivity contribution < 1.29 is 4.74 Å². The van der Waals surface area contributed by atoms with Gasteiger partial charge in [0.2, 0.25) is 0 Å². The summed E-state index contributed by atoms with van der Waals surface area (Å²) < 4.78 is 5.92. The van der Waals surface area contributed by atoms with Crippen molar-refractivity contribution in [3.8, 4) is 11.5 Å². The number of nitrogens with two attached hydrogens (primary N) is 1. The van der Waals surface area contributed by atoms with Gasteiger partial charge in [-0.2, -0.15) is 0 Å². The first-order valence-electron chi connectivity index (χ1n) is 7.18. The van der Waals surface area contributed by atoms with Crippen LogP contribution in [-0.4, -0.2) is 11.0 Å². The van der Waals surface area contributed by atoms with Gasteiger partial charge in [0, 0.05) is 11.7 Å². The van der Waals surface area contributed by atoms with Crippen molar-refractivity contribution in [3.05, 3.63) is 52.3 Å². The molecule has 1 heterocycles. The largest absolute Gasteiger partial charge is 0.454 e. The van der Waals surface area contributed by atoms with E-state index in [-0.39, 0.29) is 6.04 Å². The summed E-state index contributed by atoms with van der Waals surface area (Å²) in [5, 5.41) is 0.593. The summed E-state index contributed by atoms with van der Waals surface area (Å²) in [4.78, 5) is 4.49. The first kappa shape index (κ1) is 15.8. The molecule has 0 aliphatic rings. The highest BCUT2D eigenvalue weighted by atomic mass is 35.5. The van der Waals surface area contributed by atoms with E-state index in [2.05, 4.69) is 11.9 Å². The second kappa shape index (κ2) is 6.92. The molecule has 1 aromatic heterocycles. The molecule has 0 aliphatic carbocycles. The van der Waals surface area contributed by atoms with Crippen molar-refractivity contribution in [3.63, 3.8) is 0 Å². The SMILES string of the molecule is CCc1nc(C)ccc1Oc1ccc(CC(C)N)cc1Cl. The maximum atomic E-state index is 6.30. The second-order valence-corrected chi connectivity index (χ2v) is 5.71. The predicted octanol–water partition coefficient (Wildman–Crippen LogP) is 4.29. The van der Waals surface area contributed by atoms with E-state index in [9.17, 15) is 0 Å². The van der Waals surface area contributed by atoms with Crippen LogP contribution in [0.5, 0.6) is 11.5 Å². The number of hydrogen-bond donors (Lipinski definition) is 1. The van der Waals surface area contributed by atoms with E-state index in [1.165, 1.54) is 0 Å². The Balaban J connectivity index is 2.24. The van der Waals surface area contributed by atoms with Gasteiger partial charge in [-0.05, 0) is 56.5 Å². The van der Waals surface area contributed by atoms with Crippen LogP contribution in [0.25, 0.3) is 0 Å². The Hall–Kier alpha value is -1.58. The average Bonchev–Trinajstić information content (AvgIpc) is 2.42. The highest BCUT2D eigenvalue weighted by Gasteiger charge is 2.09. The van der Waals surface area contributed by atoms with E-state index in [0.29, 0.717) is 10.8 Å². The quantitative estimate of drug-likeness (QED) is 0.896. The lowest BCUT2D eigenvalue weighted by molar-refractivity contribution is 0.472. The number of rotatable bonds is 5. The molecule has 3 nitrogen and oxygen atoms in total. The van der Waals surface area contributed by atoms with Crippen molar-refractivity contribution in [1.29, 1.82) is 0 Å². The zero-order valence-corrected chi connectivity index (χ0v) is 13.4. The summed E-state index contributed by atoms with van der Waals surface area (Å²) in [5.41, 5.74) is 8.84. The summed E-state index contributed by atoms with van der Waals surface area (Å²) in [7, 11) is 0. The van der Waals surface area contributed by atoms with Gasteiger partial charge in [0.15, 0.2) is 0 Å². The summed E-state index contributed by atoms with van der Waals surface area (Å²) in [5.74, 6) is 1.40. The molecule has 1 unspecified atom stereocenters. The molecule has 2 rings (SSSR count).